The second kappa shape index (κ2) is 5.10. The zero-order valence-electron chi connectivity index (χ0n) is 10.4. The minimum Gasteiger partial charge on any atom is -0.370 e. The van der Waals surface area contributed by atoms with Crippen molar-refractivity contribution < 1.29 is 13.2 Å². The van der Waals surface area contributed by atoms with Crippen LogP contribution in [0.1, 0.15) is 12.8 Å². The van der Waals surface area contributed by atoms with Crippen molar-refractivity contribution >= 4 is 21.8 Å². The van der Waals surface area contributed by atoms with Crippen molar-refractivity contribution in [3.63, 3.8) is 0 Å². The summed E-state index contributed by atoms with van der Waals surface area (Å²) >= 11 is 0. The van der Waals surface area contributed by atoms with E-state index in [1.165, 1.54) is 6.26 Å². The monoisotopic (exact) mass is 267 g/mol. The molecule has 1 saturated heterocycles. The molecule has 0 amide bonds. The number of hydrogen-bond donors (Lipinski definition) is 0. The van der Waals surface area contributed by atoms with E-state index in [0.717, 1.165) is 37.9 Å². The number of rotatable bonds is 3. The number of hydrogen-bond acceptors (Lipinski definition) is 4. The predicted octanol–water partition coefficient (Wildman–Crippen LogP) is 1.51. The van der Waals surface area contributed by atoms with Crippen LogP contribution in [-0.2, 0) is 14.6 Å². The number of carbonyl (C=O) groups is 1. The van der Waals surface area contributed by atoms with E-state index in [1.807, 2.05) is 12.1 Å². The van der Waals surface area contributed by atoms with Gasteiger partial charge in [-0.1, -0.05) is 12.1 Å². The molecule has 0 bridgehead atoms. The first-order chi connectivity index (χ1) is 8.52. The van der Waals surface area contributed by atoms with Crippen LogP contribution in [0.15, 0.2) is 29.2 Å². The zero-order chi connectivity index (χ0) is 13.2. The Hall–Kier alpha value is -1.36. The SMILES string of the molecule is CS(=O)(=O)c1ccccc1N1CCC(C=O)CC1. The van der Waals surface area contributed by atoms with Crippen molar-refractivity contribution in [1.82, 2.24) is 0 Å². The Bertz CT molecular complexity index is 531. The van der Waals surface area contributed by atoms with E-state index in [2.05, 4.69) is 4.90 Å². The number of nitrogens with zero attached hydrogens (tertiary/aromatic N) is 1. The number of sulfone groups is 1. The van der Waals surface area contributed by atoms with Crippen LogP contribution >= 0.6 is 0 Å². The summed E-state index contributed by atoms with van der Waals surface area (Å²) in [5, 5.41) is 0. The van der Waals surface area contributed by atoms with E-state index >= 15 is 0 Å². The summed E-state index contributed by atoms with van der Waals surface area (Å²) in [7, 11) is -3.21. The highest BCUT2D eigenvalue weighted by Crippen LogP contribution is 2.28. The molecule has 1 aromatic carbocycles. The molecule has 98 valence electrons. The highest BCUT2D eigenvalue weighted by molar-refractivity contribution is 7.90. The van der Waals surface area contributed by atoms with Gasteiger partial charge in [-0.3, -0.25) is 0 Å². The Balaban J connectivity index is 2.27. The molecular formula is C13H17NO3S. The fraction of sp³-hybridized carbons (Fsp3) is 0.462. The summed E-state index contributed by atoms with van der Waals surface area (Å²) in [4.78, 5) is 13.1. The van der Waals surface area contributed by atoms with Gasteiger partial charge in [0.15, 0.2) is 9.84 Å². The van der Waals surface area contributed by atoms with Gasteiger partial charge in [-0.15, -0.1) is 0 Å². The standard InChI is InChI=1S/C13H17NO3S/c1-18(16,17)13-5-3-2-4-12(13)14-8-6-11(10-15)7-9-14/h2-5,10-11H,6-9H2,1H3. The first-order valence-corrected chi connectivity index (χ1v) is 7.91. The van der Waals surface area contributed by atoms with E-state index < -0.39 is 9.84 Å². The van der Waals surface area contributed by atoms with Crippen LogP contribution in [0.3, 0.4) is 0 Å². The van der Waals surface area contributed by atoms with Crippen LogP contribution < -0.4 is 4.90 Å². The average molecular weight is 267 g/mol. The summed E-state index contributed by atoms with van der Waals surface area (Å²) in [5.41, 5.74) is 0.754. The van der Waals surface area contributed by atoms with Crippen molar-refractivity contribution in [3.05, 3.63) is 24.3 Å². The van der Waals surface area contributed by atoms with Gasteiger partial charge in [0.2, 0.25) is 0 Å². The van der Waals surface area contributed by atoms with Gasteiger partial charge >= 0.3 is 0 Å². The van der Waals surface area contributed by atoms with Crippen molar-refractivity contribution in [2.24, 2.45) is 5.92 Å². The minimum absolute atomic E-state index is 0.117. The first kappa shape index (κ1) is 13.1. The molecule has 2 rings (SSSR count). The van der Waals surface area contributed by atoms with Gasteiger partial charge in [0.25, 0.3) is 0 Å². The fourth-order valence-corrected chi connectivity index (χ4v) is 3.21. The molecule has 0 unspecified atom stereocenters. The summed E-state index contributed by atoms with van der Waals surface area (Å²) < 4.78 is 23.5. The van der Waals surface area contributed by atoms with Crippen LogP contribution in [0.2, 0.25) is 0 Å². The van der Waals surface area contributed by atoms with Gasteiger partial charge < -0.3 is 9.69 Å². The molecule has 1 heterocycles. The number of anilines is 1. The van der Waals surface area contributed by atoms with Crippen LogP contribution in [-0.4, -0.2) is 34.0 Å². The summed E-state index contributed by atoms with van der Waals surface area (Å²) in [6.07, 6.45) is 3.81. The molecule has 4 nitrogen and oxygen atoms in total. The van der Waals surface area contributed by atoms with Crippen molar-refractivity contribution in [2.45, 2.75) is 17.7 Å². The minimum atomic E-state index is -3.21. The van der Waals surface area contributed by atoms with E-state index in [0.29, 0.717) is 4.90 Å². The van der Waals surface area contributed by atoms with Crippen LogP contribution in [0, 0.1) is 5.92 Å². The molecule has 1 fully saturated rings. The summed E-state index contributed by atoms with van der Waals surface area (Å²) in [6, 6.07) is 7.04. The quantitative estimate of drug-likeness (QED) is 0.779. The molecule has 1 aliphatic rings. The first-order valence-electron chi connectivity index (χ1n) is 6.01. The number of para-hydroxylation sites is 1. The number of aldehydes is 1. The molecule has 0 saturated carbocycles. The van der Waals surface area contributed by atoms with Gasteiger partial charge in [0, 0.05) is 25.3 Å². The van der Waals surface area contributed by atoms with Crippen molar-refractivity contribution in [3.8, 4) is 0 Å². The van der Waals surface area contributed by atoms with Crippen LogP contribution in [0.25, 0.3) is 0 Å². The van der Waals surface area contributed by atoms with E-state index in [4.69, 9.17) is 0 Å². The van der Waals surface area contributed by atoms with Gasteiger partial charge in [-0.05, 0) is 25.0 Å². The van der Waals surface area contributed by atoms with Crippen molar-refractivity contribution in [2.75, 3.05) is 24.2 Å². The van der Waals surface area contributed by atoms with Gasteiger partial charge in [0.05, 0.1) is 10.6 Å². The Labute approximate surface area is 108 Å². The molecule has 0 N–H and O–H groups in total. The Kier molecular flexibility index (Phi) is 3.71. The molecule has 1 aromatic rings. The third-order valence-electron chi connectivity index (χ3n) is 3.34. The Morgan fingerprint density at radius 1 is 1.22 bits per heavy atom. The Morgan fingerprint density at radius 2 is 1.83 bits per heavy atom. The van der Waals surface area contributed by atoms with E-state index in [-0.39, 0.29) is 5.92 Å². The normalized spacial score (nSPS) is 17.7. The lowest BCUT2D eigenvalue weighted by molar-refractivity contribution is -0.111. The molecule has 0 spiro atoms. The second-order valence-corrected chi connectivity index (χ2v) is 6.68. The Morgan fingerprint density at radius 3 is 2.39 bits per heavy atom. The number of carbonyl (C=O) groups excluding carboxylic acids is 1. The highest BCUT2D eigenvalue weighted by atomic mass is 32.2. The molecule has 5 heteroatoms. The van der Waals surface area contributed by atoms with Crippen LogP contribution in [0.4, 0.5) is 5.69 Å². The lowest BCUT2D eigenvalue weighted by atomic mass is 9.98. The molecular weight excluding hydrogens is 250 g/mol. The second-order valence-electron chi connectivity index (χ2n) is 4.70. The number of benzene rings is 1. The van der Waals surface area contributed by atoms with Crippen molar-refractivity contribution in [1.29, 1.82) is 0 Å². The fourth-order valence-electron chi connectivity index (χ4n) is 2.31. The third kappa shape index (κ3) is 2.72. The maximum atomic E-state index is 11.7. The highest BCUT2D eigenvalue weighted by Gasteiger charge is 2.22. The van der Waals surface area contributed by atoms with Crippen LogP contribution in [0.5, 0.6) is 0 Å². The maximum absolute atomic E-state index is 11.7. The topological polar surface area (TPSA) is 54.5 Å². The van der Waals surface area contributed by atoms with E-state index in [1.54, 1.807) is 12.1 Å². The summed E-state index contributed by atoms with van der Waals surface area (Å²) in [6.45, 7) is 1.46. The maximum Gasteiger partial charge on any atom is 0.177 e. The van der Waals surface area contributed by atoms with Gasteiger partial charge in [-0.25, -0.2) is 8.42 Å². The third-order valence-corrected chi connectivity index (χ3v) is 4.48. The summed E-state index contributed by atoms with van der Waals surface area (Å²) in [5.74, 6) is 0.117. The van der Waals surface area contributed by atoms with Gasteiger partial charge in [0.1, 0.15) is 6.29 Å². The molecule has 1 aliphatic heterocycles. The zero-order valence-corrected chi connectivity index (χ0v) is 11.2. The van der Waals surface area contributed by atoms with E-state index in [9.17, 15) is 13.2 Å². The molecule has 0 aliphatic carbocycles. The average Bonchev–Trinajstić information content (AvgIpc) is 2.38. The van der Waals surface area contributed by atoms with Gasteiger partial charge in [-0.2, -0.15) is 0 Å². The number of piperidine rings is 1. The molecule has 18 heavy (non-hydrogen) atoms. The predicted molar refractivity (Wildman–Crippen MR) is 70.6 cm³/mol. The molecule has 0 atom stereocenters. The largest absolute Gasteiger partial charge is 0.370 e. The lowest BCUT2D eigenvalue weighted by Gasteiger charge is -2.32. The molecule has 0 radical (unpaired) electrons. The molecule has 0 aromatic heterocycles. The smallest absolute Gasteiger partial charge is 0.177 e. The lowest BCUT2D eigenvalue weighted by Crippen LogP contribution is -2.34.